The third kappa shape index (κ3) is 32.3. The third-order valence-corrected chi connectivity index (χ3v) is 3.50. The number of amides is 2. The predicted molar refractivity (Wildman–Crippen MR) is 118 cm³/mol. The van der Waals surface area contributed by atoms with Crippen LogP contribution in [0.25, 0.3) is 0 Å². The third-order valence-electron chi connectivity index (χ3n) is 2.68. The Morgan fingerprint density at radius 3 is 1.85 bits per heavy atom. The average Bonchev–Trinajstić information content (AvgIpc) is 2.69. The van der Waals surface area contributed by atoms with E-state index in [0.29, 0.717) is 6.41 Å². The molecule has 0 aliphatic heterocycles. The van der Waals surface area contributed by atoms with Crippen LogP contribution >= 0.6 is 11.8 Å². The van der Waals surface area contributed by atoms with E-state index >= 15 is 0 Å². The van der Waals surface area contributed by atoms with E-state index in [2.05, 4.69) is 36.7 Å². The fraction of sp³-hybridized carbons (Fsp3) is 0.550. The predicted octanol–water partition coefficient (Wildman–Crippen LogP) is 3.69. The lowest BCUT2D eigenvalue weighted by Gasteiger charge is -1.93. The minimum absolute atomic E-state index is 0.0291. The van der Waals surface area contributed by atoms with Crippen LogP contribution in [0.5, 0.6) is 0 Å². The van der Waals surface area contributed by atoms with Crippen molar-refractivity contribution in [3.8, 4) is 0 Å². The molecule has 0 atom stereocenters. The average molecular weight is 400 g/mol. The molecule has 0 aliphatic carbocycles. The van der Waals surface area contributed by atoms with Crippen LogP contribution in [0.15, 0.2) is 30.3 Å². The second-order valence-corrected chi connectivity index (χ2v) is 6.34. The minimum Gasteiger partial charge on any atom is -0.358 e. The molecule has 1 rings (SSSR count). The van der Waals surface area contributed by atoms with Crippen molar-refractivity contribution in [3.05, 3.63) is 30.3 Å². The fourth-order valence-corrected chi connectivity index (χ4v) is 1.57. The number of unbranched alkanes of at least 4 members (excludes halogenated alkanes) is 1. The van der Waals surface area contributed by atoms with E-state index in [4.69, 9.17) is 0 Å². The van der Waals surface area contributed by atoms with Crippen LogP contribution in [0.1, 0.15) is 47.0 Å². The van der Waals surface area contributed by atoms with Gasteiger partial charge in [0.15, 0.2) is 5.12 Å². The zero-order chi connectivity index (χ0) is 21.3. The number of benzene rings is 1. The van der Waals surface area contributed by atoms with Crippen molar-refractivity contribution < 1.29 is 14.4 Å². The molecule has 156 valence electrons. The summed E-state index contributed by atoms with van der Waals surface area (Å²) in [6.45, 7) is 9.09. The second kappa shape index (κ2) is 26.4. The van der Waals surface area contributed by atoms with Crippen LogP contribution in [-0.2, 0) is 14.4 Å². The Kier molecular flexibility index (Phi) is 29.2. The zero-order valence-electron chi connectivity index (χ0n) is 17.6. The SMILES string of the molecule is CCCC.CCCNC.CNC(=O)CSC(C)=O.O=CNc1ccccc1. The van der Waals surface area contributed by atoms with Gasteiger partial charge in [-0.2, -0.15) is 0 Å². The Morgan fingerprint density at radius 2 is 1.56 bits per heavy atom. The number of thioether (sulfide) groups is 1. The first-order valence-corrected chi connectivity index (χ1v) is 10.2. The first-order chi connectivity index (χ1) is 12.9. The maximum atomic E-state index is 10.4. The van der Waals surface area contributed by atoms with Crippen LogP contribution in [0.4, 0.5) is 5.69 Å². The molecule has 1 aromatic carbocycles. The van der Waals surface area contributed by atoms with Crippen LogP contribution in [-0.4, -0.2) is 43.8 Å². The summed E-state index contributed by atoms with van der Waals surface area (Å²) in [5, 5.41) is 7.92. The highest BCUT2D eigenvalue weighted by molar-refractivity contribution is 8.14. The van der Waals surface area contributed by atoms with Gasteiger partial charge in [0.2, 0.25) is 12.3 Å². The van der Waals surface area contributed by atoms with Crippen LogP contribution in [0, 0.1) is 0 Å². The van der Waals surface area contributed by atoms with Gasteiger partial charge in [-0.1, -0.05) is 63.6 Å². The number of carbonyl (C=O) groups excluding carboxylic acids is 3. The molecule has 1 aromatic rings. The topological polar surface area (TPSA) is 87.3 Å². The molecular weight excluding hydrogens is 362 g/mol. The Morgan fingerprint density at radius 1 is 1.00 bits per heavy atom. The van der Waals surface area contributed by atoms with Gasteiger partial charge in [0.1, 0.15) is 0 Å². The molecule has 0 fully saturated rings. The van der Waals surface area contributed by atoms with E-state index in [1.165, 1.54) is 26.2 Å². The summed E-state index contributed by atoms with van der Waals surface area (Å²) >= 11 is 1.01. The summed E-state index contributed by atoms with van der Waals surface area (Å²) in [4.78, 5) is 30.5. The number of anilines is 1. The molecule has 7 heteroatoms. The maximum absolute atomic E-state index is 10.4. The Labute approximate surface area is 169 Å². The van der Waals surface area contributed by atoms with Crippen molar-refractivity contribution in [1.82, 2.24) is 10.6 Å². The van der Waals surface area contributed by atoms with Crippen molar-refractivity contribution >= 4 is 34.9 Å². The molecule has 0 heterocycles. The molecule has 2 amide bonds. The normalized spacial score (nSPS) is 8.37. The molecule has 0 aliphatic rings. The summed E-state index contributed by atoms with van der Waals surface area (Å²) in [7, 11) is 3.51. The van der Waals surface area contributed by atoms with Gasteiger partial charge in [0.25, 0.3) is 0 Å². The molecule has 0 bridgehead atoms. The van der Waals surface area contributed by atoms with E-state index in [1.807, 2.05) is 37.4 Å². The summed E-state index contributed by atoms with van der Waals surface area (Å²) in [5.74, 6) is 0.112. The number of carbonyl (C=O) groups is 3. The van der Waals surface area contributed by atoms with E-state index in [0.717, 1.165) is 24.0 Å². The highest BCUT2D eigenvalue weighted by Crippen LogP contribution is 2.01. The lowest BCUT2D eigenvalue weighted by molar-refractivity contribution is -0.118. The van der Waals surface area contributed by atoms with Crippen molar-refractivity contribution in [2.45, 2.75) is 47.0 Å². The fourth-order valence-electron chi connectivity index (χ4n) is 1.09. The first kappa shape index (κ1) is 29.9. The van der Waals surface area contributed by atoms with Gasteiger partial charge >= 0.3 is 0 Å². The highest BCUT2D eigenvalue weighted by atomic mass is 32.2. The number of hydrogen-bond donors (Lipinski definition) is 3. The molecule has 0 saturated carbocycles. The Balaban J connectivity index is -0.000000302. The molecule has 3 N–H and O–H groups in total. The monoisotopic (exact) mass is 399 g/mol. The van der Waals surface area contributed by atoms with E-state index in [-0.39, 0.29) is 16.8 Å². The molecule has 0 saturated heterocycles. The Bertz CT molecular complexity index is 453. The smallest absolute Gasteiger partial charge is 0.230 e. The summed E-state index contributed by atoms with van der Waals surface area (Å²) in [6.07, 6.45) is 4.53. The lowest BCUT2D eigenvalue weighted by atomic mass is 10.3. The maximum Gasteiger partial charge on any atom is 0.230 e. The first-order valence-electron chi connectivity index (χ1n) is 9.16. The molecule has 0 radical (unpaired) electrons. The lowest BCUT2D eigenvalue weighted by Crippen LogP contribution is -2.20. The summed E-state index contributed by atoms with van der Waals surface area (Å²) in [5.41, 5.74) is 0.826. The van der Waals surface area contributed by atoms with Crippen molar-refractivity contribution in [2.24, 2.45) is 0 Å². The van der Waals surface area contributed by atoms with Gasteiger partial charge in [0, 0.05) is 19.7 Å². The van der Waals surface area contributed by atoms with Gasteiger partial charge in [0.05, 0.1) is 5.75 Å². The molecule has 6 nitrogen and oxygen atoms in total. The highest BCUT2D eigenvalue weighted by Gasteiger charge is 1.99. The van der Waals surface area contributed by atoms with Gasteiger partial charge in [-0.15, -0.1) is 0 Å². The van der Waals surface area contributed by atoms with Crippen molar-refractivity contribution in [3.63, 3.8) is 0 Å². The van der Waals surface area contributed by atoms with Gasteiger partial charge < -0.3 is 16.0 Å². The standard InChI is InChI=1S/C7H7NO.C5H9NO2S.C4H11N.C4H10/c9-6-8-7-4-2-1-3-5-7;1-4(7)9-3-5(8)6-2;1-3-4-5-2;1-3-4-2/h1-6H,(H,8,9);3H2,1-2H3,(H,6,8);5H,3-4H2,1-2H3;3-4H2,1-2H3. The largest absolute Gasteiger partial charge is 0.358 e. The second-order valence-electron chi connectivity index (χ2n) is 5.19. The molecule has 0 unspecified atom stereocenters. The number of rotatable bonds is 7. The van der Waals surface area contributed by atoms with Crippen LogP contribution in [0.2, 0.25) is 0 Å². The van der Waals surface area contributed by atoms with Crippen molar-refractivity contribution in [1.29, 1.82) is 0 Å². The van der Waals surface area contributed by atoms with Gasteiger partial charge in [-0.05, 0) is 32.1 Å². The minimum atomic E-state index is -0.116. The van der Waals surface area contributed by atoms with E-state index in [9.17, 15) is 14.4 Å². The zero-order valence-corrected chi connectivity index (χ0v) is 18.4. The van der Waals surface area contributed by atoms with Crippen molar-refractivity contribution in [2.75, 3.05) is 31.7 Å². The molecular formula is C20H37N3O3S. The molecule has 27 heavy (non-hydrogen) atoms. The Hall–Kier alpha value is -1.86. The number of hydrogen-bond acceptors (Lipinski definition) is 5. The van der Waals surface area contributed by atoms with Crippen LogP contribution in [0.3, 0.4) is 0 Å². The van der Waals surface area contributed by atoms with Gasteiger partial charge in [-0.25, -0.2) is 0 Å². The van der Waals surface area contributed by atoms with Gasteiger partial charge in [-0.3, -0.25) is 14.4 Å². The summed E-state index contributed by atoms with van der Waals surface area (Å²) < 4.78 is 0. The number of para-hydroxylation sites is 1. The molecule has 0 aromatic heterocycles. The van der Waals surface area contributed by atoms with E-state index < -0.39 is 0 Å². The van der Waals surface area contributed by atoms with Crippen LogP contribution < -0.4 is 16.0 Å². The number of nitrogens with one attached hydrogen (secondary N) is 3. The quantitative estimate of drug-likeness (QED) is 0.609. The summed E-state index contributed by atoms with van der Waals surface area (Å²) in [6, 6.07) is 9.29. The molecule has 0 spiro atoms. The van der Waals surface area contributed by atoms with E-state index in [1.54, 1.807) is 7.05 Å².